The number of benzene rings is 1. The number of hydrogen-bond acceptors (Lipinski definition) is 3. The van der Waals surface area contributed by atoms with E-state index in [0.29, 0.717) is 29.4 Å². The van der Waals surface area contributed by atoms with Crippen molar-refractivity contribution >= 4 is 29.1 Å². The maximum absolute atomic E-state index is 12.6. The first-order valence-corrected chi connectivity index (χ1v) is 6.75. The van der Waals surface area contributed by atoms with Crippen molar-refractivity contribution in [2.75, 3.05) is 25.9 Å². The fourth-order valence-corrected chi connectivity index (χ4v) is 2.57. The number of piperazine rings is 1. The summed E-state index contributed by atoms with van der Waals surface area (Å²) in [5.41, 5.74) is 5.65. The Labute approximate surface area is 123 Å². The van der Waals surface area contributed by atoms with Gasteiger partial charge in [0.05, 0.1) is 10.7 Å². The van der Waals surface area contributed by atoms with E-state index in [9.17, 15) is 9.59 Å². The van der Waals surface area contributed by atoms with Crippen LogP contribution >= 0.6 is 11.6 Å². The van der Waals surface area contributed by atoms with Gasteiger partial charge in [0.2, 0.25) is 5.91 Å². The first-order valence-electron chi connectivity index (χ1n) is 6.37. The highest BCUT2D eigenvalue weighted by Crippen LogP contribution is 2.26. The molecule has 1 aromatic rings. The van der Waals surface area contributed by atoms with Crippen LogP contribution in [0.4, 0.5) is 5.69 Å². The van der Waals surface area contributed by atoms with Crippen molar-refractivity contribution in [2.45, 2.75) is 19.4 Å². The average molecular weight is 296 g/mol. The molecule has 108 valence electrons. The summed E-state index contributed by atoms with van der Waals surface area (Å²) in [6.45, 7) is 4.52. The van der Waals surface area contributed by atoms with E-state index in [-0.39, 0.29) is 11.8 Å². The van der Waals surface area contributed by atoms with Gasteiger partial charge in [-0.3, -0.25) is 9.59 Å². The molecule has 20 heavy (non-hydrogen) atoms. The molecule has 1 aliphatic heterocycles. The van der Waals surface area contributed by atoms with Crippen LogP contribution in [0.1, 0.15) is 24.2 Å². The number of hydrogen-bond donors (Lipinski definition) is 1. The van der Waals surface area contributed by atoms with Gasteiger partial charge in [0.1, 0.15) is 5.54 Å². The van der Waals surface area contributed by atoms with Gasteiger partial charge in [0, 0.05) is 25.7 Å². The third-order valence-electron chi connectivity index (χ3n) is 3.70. The summed E-state index contributed by atoms with van der Waals surface area (Å²) in [4.78, 5) is 28.0. The number of nitrogens with two attached hydrogens (primary N) is 1. The maximum atomic E-state index is 12.6. The second-order valence-electron chi connectivity index (χ2n) is 5.48. The molecule has 0 spiro atoms. The quantitative estimate of drug-likeness (QED) is 0.801. The van der Waals surface area contributed by atoms with E-state index in [4.69, 9.17) is 17.3 Å². The second kappa shape index (κ2) is 4.98. The van der Waals surface area contributed by atoms with Crippen LogP contribution in [0.15, 0.2) is 18.2 Å². The molecule has 2 N–H and O–H groups in total. The molecule has 2 rings (SSSR count). The lowest BCUT2D eigenvalue weighted by atomic mass is 9.96. The van der Waals surface area contributed by atoms with Crippen LogP contribution in [-0.2, 0) is 4.79 Å². The smallest absolute Gasteiger partial charge is 0.254 e. The van der Waals surface area contributed by atoms with Crippen LogP contribution in [0, 0.1) is 0 Å². The molecule has 0 aliphatic carbocycles. The zero-order chi connectivity index (χ0) is 15.1. The number of amides is 2. The third-order valence-corrected chi connectivity index (χ3v) is 4.02. The molecule has 5 nitrogen and oxygen atoms in total. The van der Waals surface area contributed by atoms with E-state index in [1.165, 1.54) is 6.07 Å². The summed E-state index contributed by atoms with van der Waals surface area (Å²) in [6.07, 6.45) is 0. The molecule has 0 bridgehead atoms. The molecule has 2 amide bonds. The minimum atomic E-state index is -0.863. The highest BCUT2D eigenvalue weighted by molar-refractivity contribution is 6.33. The fraction of sp³-hybridized carbons (Fsp3) is 0.429. The van der Waals surface area contributed by atoms with Crippen molar-refractivity contribution in [3.8, 4) is 0 Å². The Balaban J connectivity index is 2.33. The van der Waals surface area contributed by atoms with Gasteiger partial charge in [0.25, 0.3) is 5.91 Å². The van der Waals surface area contributed by atoms with Gasteiger partial charge < -0.3 is 15.5 Å². The van der Waals surface area contributed by atoms with Gasteiger partial charge in [-0.2, -0.15) is 0 Å². The SMILES string of the molecule is CN1CCN(C(=O)c2ccc(N)c(Cl)c2)C(C)(C)C1=O. The van der Waals surface area contributed by atoms with Crippen molar-refractivity contribution in [3.63, 3.8) is 0 Å². The summed E-state index contributed by atoms with van der Waals surface area (Å²) in [5, 5.41) is 0.342. The fourth-order valence-electron chi connectivity index (χ4n) is 2.38. The Hall–Kier alpha value is -1.75. The van der Waals surface area contributed by atoms with E-state index >= 15 is 0 Å². The summed E-state index contributed by atoms with van der Waals surface area (Å²) in [6, 6.07) is 4.76. The maximum Gasteiger partial charge on any atom is 0.254 e. The first kappa shape index (κ1) is 14.7. The van der Waals surface area contributed by atoms with Gasteiger partial charge in [-0.25, -0.2) is 0 Å². The van der Waals surface area contributed by atoms with Crippen molar-refractivity contribution in [1.29, 1.82) is 0 Å². The lowest BCUT2D eigenvalue weighted by molar-refractivity contribution is -0.144. The number of likely N-dealkylation sites (N-methyl/N-ethyl adjacent to an activating group) is 1. The Kier molecular flexibility index (Phi) is 3.65. The zero-order valence-electron chi connectivity index (χ0n) is 11.8. The first-order chi connectivity index (χ1) is 9.25. The van der Waals surface area contributed by atoms with Crippen molar-refractivity contribution in [3.05, 3.63) is 28.8 Å². The van der Waals surface area contributed by atoms with Crippen LogP contribution in [0.25, 0.3) is 0 Å². The normalized spacial score (nSPS) is 18.3. The van der Waals surface area contributed by atoms with E-state index in [1.54, 1.807) is 42.8 Å². The molecular weight excluding hydrogens is 278 g/mol. The molecule has 1 fully saturated rings. The molecule has 6 heteroatoms. The van der Waals surface area contributed by atoms with Crippen LogP contribution in [-0.4, -0.2) is 47.3 Å². The summed E-state index contributed by atoms with van der Waals surface area (Å²) in [5.74, 6) is -0.281. The zero-order valence-corrected chi connectivity index (χ0v) is 12.6. The van der Waals surface area contributed by atoms with Gasteiger partial charge in [-0.15, -0.1) is 0 Å². The number of halogens is 1. The molecular formula is C14H18ClN3O2. The highest BCUT2D eigenvalue weighted by Gasteiger charge is 2.43. The average Bonchev–Trinajstić information content (AvgIpc) is 2.39. The van der Waals surface area contributed by atoms with E-state index in [1.807, 2.05) is 0 Å². The Morgan fingerprint density at radius 2 is 2.00 bits per heavy atom. The van der Waals surface area contributed by atoms with Gasteiger partial charge in [-0.1, -0.05) is 11.6 Å². The number of nitrogens with zero attached hydrogens (tertiary/aromatic N) is 2. The van der Waals surface area contributed by atoms with Crippen molar-refractivity contribution in [2.24, 2.45) is 0 Å². The van der Waals surface area contributed by atoms with Crippen molar-refractivity contribution in [1.82, 2.24) is 9.80 Å². The summed E-state index contributed by atoms with van der Waals surface area (Å²) >= 11 is 5.95. The van der Waals surface area contributed by atoms with Crippen LogP contribution < -0.4 is 5.73 Å². The van der Waals surface area contributed by atoms with Gasteiger partial charge in [0.15, 0.2) is 0 Å². The van der Waals surface area contributed by atoms with Crippen LogP contribution in [0.5, 0.6) is 0 Å². The Bertz CT molecular complexity index is 572. The molecule has 0 radical (unpaired) electrons. The minimum Gasteiger partial charge on any atom is -0.398 e. The van der Waals surface area contributed by atoms with Gasteiger partial charge in [-0.05, 0) is 32.0 Å². The predicted molar refractivity (Wildman–Crippen MR) is 78.6 cm³/mol. The van der Waals surface area contributed by atoms with Crippen LogP contribution in [0.3, 0.4) is 0 Å². The standard InChI is InChI=1S/C14H18ClN3O2/c1-14(2)13(20)17(3)6-7-18(14)12(19)9-4-5-11(16)10(15)8-9/h4-5,8H,6-7,16H2,1-3H3. The van der Waals surface area contributed by atoms with Crippen LogP contribution in [0.2, 0.25) is 5.02 Å². The predicted octanol–water partition coefficient (Wildman–Crippen LogP) is 1.62. The van der Waals surface area contributed by atoms with E-state index in [2.05, 4.69) is 0 Å². The number of carbonyl (C=O) groups is 2. The number of carbonyl (C=O) groups excluding carboxylic acids is 2. The molecule has 1 heterocycles. The molecule has 0 saturated carbocycles. The van der Waals surface area contributed by atoms with Gasteiger partial charge >= 0.3 is 0 Å². The monoisotopic (exact) mass is 295 g/mol. The van der Waals surface area contributed by atoms with Crippen molar-refractivity contribution < 1.29 is 9.59 Å². The second-order valence-corrected chi connectivity index (χ2v) is 5.89. The summed E-state index contributed by atoms with van der Waals surface area (Å²) in [7, 11) is 1.74. The molecule has 0 unspecified atom stereocenters. The molecule has 1 saturated heterocycles. The molecule has 0 atom stereocenters. The highest BCUT2D eigenvalue weighted by atomic mass is 35.5. The topological polar surface area (TPSA) is 66.6 Å². The minimum absolute atomic E-state index is 0.0707. The number of anilines is 1. The summed E-state index contributed by atoms with van der Waals surface area (Å²) < 4.78 is 0. The Morgan fingerprint density at radius 3 is 2.60 bits per heavy atom. The number of rotatable bonds is 1. The largest absolute Gasteiger partial charge is 0.398 e. The molecule has 1 aliphatic rings. The lowest BCUT2D eigenvalue weighted by Crippen LogP contribution is -2.63. The molecule has 1 aromatic carbocycles. The van der Waals surface area contributed by atoms with E-state index in [0.717, 1.165) is 0 Å². The lowest BCUT2D eigenvalue weighted by Gasteiger charge is -2.44. The molecule has 0 aromatic heterocycles. The number of nitrogen functional groups attached to an aromatic ring is 1. The van der Waals surface area contributed by atoms with E-state index < -0.39 is 5.54 Å². The third kappa shape index (κ3) is 2.33. The Morgan fingerprint density at radius 1 is 1.35 bits per heavy atom.